The summed E-state index contributed by atoms with van der Waals surface area (Å²) in [6, 6.07) is 3.73. The van der Waals surface area contributed by atoms with Gasteiger partial charge in [-0.15, -0.1) is 11.3 Å². The standard InChI is InChI=1S/C11H11BrN2OS/c1-7-8(2)16-10(14-7)6-15-9-4-3-5-13-11(9)12/h3-5H,6H2,1-2H3. The molecule has 0 fully saturated rings. The molecule has 0 saturated heterocycles. The maximum Gasteiger partial charge on any atom is 0.152 e. The van der Waals surface area contributed by atoms with E-state index in [1.807, 2.05) is 19.1 Å². The van der Waals surface area contributed by atoms with Gasteiger partial charge in [-0.25, -0.2) is 9.97 Å². The second-order valence-corrected chi connectivity index (χ2v) is 5.37. The Labute approximate surface area is 107 Å². The van der Waals surface area contributed by atoms with Crippen LogP contribution < -0.4 is 4.74 Å². The van der Waals surface area contributed by atoms with Crippen molar-refractivity contribution in [1.29, 1.82) is 0 Å². The Balaban J connectivity index is 2.05. The Morgan fingerprint density at radius 3 is 2.88 bits per heavy atom. The summed E-state index contributed by atoms with van der Waals surface area (Å²) >= 11 is 5.00. The van der Waals surface area contributed by atoms with Crippen LogP contribution in [0.5, 0.6) is 5.75 Å². The number of hydrogen-bond donors (Lipinski definition) is 0. The highest BCUT2D eigenvalue weighted by Crippen LogP contribution is 2.23. The first-order chi connectivity index (χ1) is 7.66. The van der Waals surface area contributed by atoms with Crippen molar-refractivity contribution in [3.05, 3.63) is 38.5 Å². The largest absolute Gasteiger partial charge is 0.484 e. The van der Waals surface area contributed by atoms with Crippen LogP contribution in [0.25, 0.3) is 0 Å². The molecular weight excluding hydrogens is 288 g/mol. The van der Waals surface area contributed by atoms with Gasteiger partial charge in [0, 0.05) is 11.1 Å². The zero-order chi connectivity index (χ0) is 11.5. The SMILES string of the molecule is Cc1nc(COc2cccnc2Br)sc1C. The summed E-state index contributed by atoms with van der Waals surface area (Å²) in [6.07, 6.45) is 1.72. The summed E-state index contributed by atoms with van der Waals surface area (Å²) in [5.74, 6) is 0.744. The van der Waals surface area contributed by atoms with E-state index < -0.39 is 0 Å². The zero-order valence-corrected chi connectivity index (χ0v) is 11.4. The minimum atomic E-state index is 0.490. The van der Waals surface area contributed by atoms with Gasteiger partial charge in [-0.05, 0) is 41.9 Å². The molecule has 0 aliphatic rings. The first-order valence-corrected chi connectivity index (χ1v) is 6.44. The lowest BCUT2D eigenvalue weighted by molar-refractivity contribution is 0.302. The van der Waals surface area contributed by atoms with Gasteiger partial charge >= 0.3 is 0 Å². The van der Waals surface area contributed by atoms with Gasteiger partial charge in [-0.3, -0.25) is 0 Å². The zero-order valence-electron chi connectivity index (χ0n) is 9.03. The summed E-state index contributed by atoms with van der Waals surface area (Å²) < 4.78 is 6.35. The first kappa shape index (κ1) is 11.5. The van der Waals surface area contributed by atoms with Gasteiger partial charge < -0.3 is 4.74 Å². The number of aromatic nitrogens is 2. The number of ether oxygens (including phenoxy) is 1. The third-order valence-corrected chi connectivity index (χ3v) is 3.79. The summed E-state index contributed by atoms with van der Waals surface area (Å²) in [7, 11) is 0. The van der Waals surface area contributed by atoms with Crippen molar-refractivity contribution >= 4 is 27.3 Å². The highest BCUT2D eigenvalue weighted by Gasteiger charge is 2.06. The second-order valence-electron chi connectivity index (χ2n) is 3.33. The third kappa shape index (κ3) is 2.59. The van der Waals surface area contributed by atoms with Crippen LogP contribution in [0.1, 0.15) is 15.6 Å². The van der Waals surface area contributed by atoms with E-state index >= 15 is 0 Å². The highest BCUT2D eigenvalue weighted by atomic mass is 79.9. The lowest BCUT2D eigenvalue weighted by Gasteiger charge is -2.04. The Hall–Kier alpha value is -0.940. The molecule has 84 valence electrons. The van der Waals surface area contributed by atoms with Gasteiger partial charge in [0.05, 0.1) is 5.69 Å². The molecule has 0 unspecified atom stereocenters. The fourth-order valence-corrected chi connectivity index (χ4v) is 2.43. The van der Waals surface area contributed by atoms with E-state index in [-0.39, 0.29) is 0 Å². The maximum absolute atomic E-state index is 5.63. The lowest BCUT2D eigenvalue weighted by Crippen LogP contribution is -1.96. The number of pyridine rings is 1. The van der Waals surface area contributed by atoms with Gasteiger partial charge in [0.2, 0.25) is 0 Å². The second kappa shape index (κ2) is 4.93. The molecule has 5 heteroatoms. The van der Waals surface area contributed by atoms with E-state index in [4.69, 9.17) is 4.74 Å². The number of thiazole rings is 1. The molecule has 3 nitrogen and oxygen atoms in total. The van der Waals surface area contributed by atoms with E-state index in [0.29, 0.717) is 6.61 Å². The maximum atomic E-state index is 5.63. The molecule has 0 saturated carbocycles. The van der Waals surface area contributed by atoms with E-state index in [9.17, 15) is 0 Å². The number of hydrogen-bond acceptors (Lipinski definition) is 4. The van der Waals surface area contributed by atoms with Gasteiger partial charge in [0.1, 0.15) is 16.2 Å². The first-order valence-electron chi connectivity index (χ1n) is 4.83. The average Bonchev–Trinajstić information content (AvgIpc) is 2.57. The van der Waals surface area contributed by atoms with Crippen molar-refractivity contribution in [3.63, 3.8) is 0 Å². The van der Waals surface area contributed by atoms with Crippen molar-refractivity contribution in [2.24, 2.45) is 0 Å². The molecule has 2 rings (SSSR count). The predicted molar refractivity (Wildman–Crippen MR) is 67.9 cm³/mol. The Kier molecular flexibility index (Phi) is 3.56. The Morgan fingerprint density at radius 1 is 1.44 bits per heavy atom. The fraction of sp³-hybridized carbons (Fsp3) is 0.273. The van der Waals surface area contributed by atoms with Gasteiger partial charge in [-0.2, -0.15) is 0 Å². The van der Waals surface area contributed by atoms with Gasteiger partial charge in [0.25, 0.3) is 0 Å². The molecule has 2 aromatic heterocycles. The monoisotopic (exact) mass is 298 g/mol. The Morgan fingerprint density at radius 2 is 2.25 bits per heavy atom. The van der Waals surface area contributed by atoms with Gasteiger partial charge in [-0.1, -0.05) is 0 Å². The summed E-state index contributed by atoms with van der Waals surface area (Å²) in [6.45, 7) is 4.56. The van der Waals surface area contributed by atoms with E-state index in [2.05, 4.69) is 32.8 Å². The van der Waals surface area contributed by atoms with Crippen LogP contribution in [0.3, 0.4) is 0 Å². The van der Waals surface area contributed by atoms with Crippen LogP contribution in [0.4, 0.5) is 0 Å². The molecule has 0 N–H and O–H groups in total. The molecule has 16 heavy (non-hydrogen) atoms. The van der Waals surface area contributed by atoms with Crippen LogP contribution in [-0.4, -0.2) is 9.97 Å². The third-order valence-electron chi connectivity index (χ3n) is 2.15. The Bertz CT molecular complexity index is 479. The minimum absolute atomic E-state index is 0.490. The molecule has 0 bridgehead atoms. The summed E-state index contributed by atoms with van der Waals surface area (Å²) in [5, 5.41) is 0.991. The van der Waals surface area contributed by atoms with Crippen molar-refractivity contribution in [2.45, 2.75) is 20.5 Å². The van der Waals surface area contributed by atoms with E-state index in [0.717, 1.165) is 21.1 Å². The normalized spacial score (nSPS) is 10.4. The molecule has 0 aromatic carbocycles. The van der Waals surface area contributed by atoms with Crippen molar-refractivity contribution in [1.82, 2.24) is 9.97 Å². The van der Waals surface area contributed by atoms with Crippen LogP contribution >= 0.6 is 27.3 Å². The number of rotatable bonds is 3. The average molecular weight is 299 g/mol. The number of aryl methyl sites for hydroxylation is 2. The lowest BCUT2D eigenvalue weighted by atomic mass is 10.4. The smallest absolute Gasteiger partial charge is 0.152 e. The molecule has 0 aliphatic carbocycles. The number of halogens is 1. The van der Waals surface area contributed by atoms with E-state index in [1.54, 1.807) is 17.5 Å². The summed E-state index contributed by atoms with van der Waals surface area (Å²) in [4.78, 5) is 9.74. The van der Waals surface area contributed by atoms with Crippen molar-refractivity contribution < 1.29 is 4.74 Å². The summed E-state index contributed by atoms with van der Waals surface area (Å²) in [5.41, 5.74) is 1.08. The molecule has 0 aliphatic heterocycles. The molecule has 2 aromatic rings. The van der Waals surface area contributed by atoms with Crippen molar-refractivity contribution in [2.75, 3.05) is 0 Å². The van der Waals surface area contributed by atoms with Gasteiger partial charge in [0.15, 0.2) is 5.75 Å². The van der Waals surface area contributed by atoms with Crippen LogP contribution in [0.2, 0.25) is 0 Å². The quantitative estimate of drug-likeness (QED) is 0.814. The van der Waals surface area contributed by atoms with Crippen LogP contribution in [0.15, 0.2) is 22.9 Å². The van der Waals surface area contributed by atoms with E-state index in [1.165, 1.54) is 4.88 Å². The minimum Gasteiger partial charge on any atom is -0.484 e. The number of nitrogens with zero attached hydrogens (tertiary/aromatic N) is 2. The fourth-order valence-electron chi connectivity index (χ4n) is 1.22. The molecule has 0 atom stereocenters. The van der Waals surface area contributed by atoms with Crippen molar-refractivity contribution in [3.8, 4) is 5.75 Å². The molecule has 0 amide bonds. The predicted octanol–water partition coefficient (Wildman–Crippen LogP) is 3.50. The molecule has 2 heterocycles. The topological polar surface area (TPSA) is 35.0 Å². The molecule has 0 spiro atoms. The highest BCUT2D eigenvalue weighted by molar-refractivity contribution is 9.10. The van der Waals surface area contributed by atoms with Crippen LogP contribution in [-0.2, 0) is 6.61 Å². The molecular formula is C11H11BrN2OS. The van der Waals surface area contributed by atoms with Crippen LogP contribution in [0, 0.1) is 13.8 Å². The molecule has 0 radical (unpaired) electrons.